The molecule has 0 unspecified atom stereocenters. The van der Waals surface area contributed by atoms with Crippen molar-refractivity contribution in [1.29, 1.82) is 10.8 Å². The molecule has 70 valence electrons. The van der Waals surface area contributed by atoms with Crippen molar-refractivity contribution in [2.75, 3.05) is 0 Å². The van der Waals surface area contributed by atoms with E-state index in [1.165, 1.54) is 0 Å². The van der Waals surface area contributed by atoms with Gasteiger partial charge in [-0.1, -0.05) is 0 Å². The zero-order valence-electron chi connectivity index (χ0n) is 7.79. The Morgan fingerprint density at radius 1 is 1.38 bits per heavy atom. The first-order valence-corrected chi connectivity index (χ1v) is 4.18. The lowest BCUT2D eigenvalue weighted by atomic mass is 10.2. The monoisotopic (exact) mass is 179 g/mol. The van der Waals surface area contributed by atoms with Crippen LogP contribution in [0.3, 0.4) is 0 Å². The van der Waals surface area contributed by atoms with Crippen LogP contribution < -0.4 is 0 Å². The zero-order valence-corrected chi connectivity index (χ0v) is 7.79. The van der Waals surface area contributed by atoms with Crippen LogP contribution in [0.5, 0.6) is 0 Å². The Hall–Kier alpha value is -1.45. The predicted molar refractivity (Wildman–Crippen MR) is 51.2 cm³/mol. The largest absolute Gasteiger partial charge is 0.308 e. The van der Waals surface area contributed by atoms with Gasteiger partial charge in [0.15, 0.2) is 0 Å². The second-order valence-electron chi connectivity index (χ2n) is 3.23. The van der Waals surface area contributed by atoms with Gasteiger partial charge >= 0.3 is 0 Å². The molecule has 0 aromatic heterocycles. The fourth-order valence-corrected chi connectivity index (χ4v) is 1.48. The molecule has 1 aliphatic rings. The van der Waals surface area contributed by atoms with Crippen LogP contribution in [0.25, 0.3) is 0 Å². The van der Waals surface area contributed by atoms with E-state index in [-0.39, 0.29) is 18.4 Å². The number of carbonyl (C=O) groups is 1. The SMILES string of the molecule is CC(C)N1C(=O)CC(C=N)=C1C=N. The van der Waals surface area contributed by atoms with Crippen molar-refractivity contribution in [1.82, 2.24) is 4.90 Å². The van der Waals surface area contributed by atoms with E-state index in [0.717, 1.165) is 12.4 Å². The quantitative estimate of drug-likeness (QED) is 0.627. The van der Waals surface area contributed by atoms with Crippen LogP contribution in [0, 0.1) is 10.8 Å². The molecule has 0 atom stereocenters. The summed E-state index contributed by atoms with van der Waals surface area (Å²) in [6.45, 7) is 3.79. The fraction of sp³-hybridized carbons (Fsp3) is 0.444. The lowest BCUT2D eigenvalue weighted by Crippen LogP contribution is -2.32. The molecule has 0 aromatic rings. The van der Waals surface area contributed by atoms with Crippen LogP contribution in [-0.4, -0.2) is 29.3 Å². The van der Waals surface area contributed by atoms with E-state index >= 15 is 0 Å². The number of hydrogen-bond acceptors (Lipinski definition) is 3. The molecule has 0 saturated carbocycles. The summed E-state index contributed by atoms with van der Waals surface area (Å²) in [5.74, 6) is -0.0213. The fourth-order valence-electron chi connectivity index (χ4n) is 1.48. The third kappa shape index (κ3) is 1.52. The standard InChI is InChI=1S/C9H13N3O/c1-6(2)12-8(5-11)7(4-10)3-9(12)13/h4-6,10-11H,3H2,1-2H3. The predicted octanol–water partition coefficient (Wildman–Crippen LogP) is 1.18. The highest BCUT2D eigenvalue weighted by Gasteiger charge is 2.29. The number of amides is 1. The minimum Gasteiger partial charge on any atom is -0.308 e. The Kier molecular flexibility index (Phi) is 2.60. The molecule has 4 nitrogen and oxygen atoms in total. The summed E-state index contributed by atoms with van der Waals surface area (Å²) in [4.78, 5) is 13.0. The highest BCUT2D eigenvalue weighted by Crippen LogP contribution is 2.23. The second kappa shape index (κ2) is 3.51. The third-order valence-electron chi connectivity index (χ3n) is 2.03. The topological polar surface area (TPSA) is 68.0 Å². The molecule has 0 fully saturated rings. The first-order chi connectivity index (χ1) is 6.11. The molecule has 0 aliphatic carbocycles. The second-order valence-corrected chi connectivity index (χ2v) is 3.23. The van der Waals surface area contributed by atoms with E-state index in [9.17, 15) is 4.79 Å². The lowest BCUT2D eigenvalue weighted by Gasteiger charge is -2.22. The number of rotatable bonds is 3. The molecular weight excluding hydrogens is 166 g/mol. The van der Waals surface area contributed by atoms with Crippen LogP contribution in [0.15, 0.2) is 11.3 Å². The van der Waals surface area contributed by atoms with Crippen molar-refractivity contribution in [3.8, 4) is 0 Å². The van der Waals surface area contributed by atoms with Crippen molar-refractivity contribution in [2.45, 2.75) is 26.3 Å². The van der Waals surface area contributed by atoms with Gasteiger partial charge in [0.1, 0.15) is 0 Å². The minimum atomic E-state index is -0.0213. The molecule has 1 aliphatic heterocycles. The molecule has 0 saturated heterocycles. The van der Waals surface area contributed by atoms with E-state index in [1.54, 1.807) is 4.90 Å². The van der Waals surface area contributed by atoms with Gasteiger partial charge in [0, 0.05) is 24.0 Å². The van der Waals surface area contributed by atoms with Crippen molar-refractivity contribution in [3.63, 3.8) is 0 Å². The van der Waals surface area contributed by atoms with Gasteiger partial charge in [0.2, 0.25) is 5.91 Å². The van der Waals surface area contributed by atoms with Crippen LogP contribution in [0.1, 0.15) is 20.3 Å². The summed E-state index contributed by atoms with van der Waals surface area (Å²) in [7, 11) is 0. The van der Waals surface area contributed by atoms with Gasteiger partial charge in [0.05, 0.1) is 12.1 Å². The van der Waals surface area contributed by atoms with Crippen LogP contribution in [0.4, 0.5) is 0 Å². The summed E-state index contributed by atoms with van der Waals surface area (Å²) in [5, 5.41) is 14.3. The molecule has 0 radical (unpaired) electrons. The van der Waals surface area contributed by atoms with Crippen molar-refractivity contribution < 1.29 is 4.79 Å². The van der Waals surface area contributed by atoms with Crippen LogP contribution >= 0.6 is 0 Å². The van der Waals surface area contributed by atoms with Gasteiger partial charge in [-0.15, -0.1) is 0 Å². The highest BCUT2D eigenvalue weighted by molar-refractivity contribution is 6.02. The molecule has 1 amide bonds. The van der Waals surface area contributed by atoms with Gasteiger partial charge in [-0.2, -0.15) is 0 Å². The lowest BCUT2D eigenvalue weighted by molar-refractivity contribution is -0.128. The van der Waals surface area contributed by atoms with E-state index in [1.807, 2.05) is 13.8 Å². The molecule has 1 heterocycles. The van der Waals surface area contributed by atoms with E-state index in [2.05, 4.69) is 0 Å². The maximum Gasteiger partial charge on any atom is 0.231 e. The molecule has 1 rings (SSSR count). The number of allylic oxidation sites excluding steroid dienone is 1. The van der Waals surface area contributed by atoms with Crippen LogP contribution in [-0.2, 0) is 4.79 Å². The normalized spacial score (nSPS) is 17.2. The zero-order chi connectivity index (χ0) is 10.0. The van der Waals surface area contributed by atoms with Gasteiger partial charge in [-0.25, -0.2) is 0 Å². The Bertz CT molecular complexity index is 291. The number of nitrogens with one attached hydrogen (secondary N) is 2. The highest BCUT2D eigenvalue weighted by atomic mass is 16.2. The summed E-state index contributed by atoms with van der Waals surface area (Å²) in [6, 6.07) is 0.0570. The smallest absolute Gasteiger partial charge is 0.231 e. The Balaban J connectivity index is 3.08. The molecule has 2 N–H and O–H groups in total. The van der Waals surface area contributed by atoms with E-state index in [4.69, 9.17) is 10.8 Å². The average molecular weight is 179 g/mol. The van der Waals surface area contributed by atoms with Gasteiger partial charge in [0.25, 0.3) is 0 Å². The summed E-state index contributed by atoms with van der Waals surface area (Å²) in [5.41, 5.74) is 1.20. The van der Waals surface area contributed by atoms with Gasteiger partial charge < -0.3 is 15.7 Å². The first-order valence-electron chi connectivity index (χ1n) is 4.18. The summed E-state index contributed by atoms with van der Waals surface area (Å²) >= 11 is 0. The maximum atomic E-state index is 11.4. The molecule has 0 bridgehead atoms. The number of hydrogen-bond donors (Lipinski definition) is 2. The molecule has 4 heteroatoms. The van der Waals surface area contributed by atoms with Gasteiger partial charge in [-0.05, 0) is 13.8 Å². The molecule has 0 aromatic carbocycles. The summed E-state index contributed by atoms with van der Waals surface area (Å²) < 4.78 is 0. The summed E-state index contributed by atoms with van der Waals surface area (Å²) in [6.07, 6.45) is 2.55. The molecule has 0 spiro atoms. The van der Waals surface area contributed by atoms with Crippen molar-refractivity contribution in [3.05, 3.63) is 11.3 Å². The van der Waals surface area contributed by atoms with Crippen molar-refractivity contribution in [2.24, 2.45) is 0 Å². The third-order valence-corrected chi connectivity index (χ3v) is 2.03. The maximum absolute atomic E-state index is 11.4. The Labute approximate surface area is 77.3 Å². The van der Waals surface area contributed by atoms with Gasteiger partial charge in [-0.3, -0.25) is 4.79 Å². The van der Waals surface area contributed by atoms with E-state index < -0.39 is 0 Å². The Morgan fingerprint density at radius 2 is 2.00 bits per heavy atom. The first kappa shape index (κ1) is 9.64. The van der Waals surface area contributed by atoms with E-state index in [0.29, 0.717) is 11.3 Å². The molecule has 13 heavy (non-hydrogen) atoms. The van der Waals surface area contributed by atoms with Crippen LogP contribution in [0.2, 0.25) is 0 Å². The molecular formula is C9H13N3O. The average Bonchev–Trinajstić information content (AvgIpc) is 2.41. The van der Waals surface area contributed by atoms with Crippen molar-refractivity contribution >= 4 is 18.3 Å². The number of carbonyl (C=O) groups excluding carboxylic acids is 1. The Morgan fingerprint density at radius 3 is 2.38 bits per heavy atom. The minimum absolute atomic E-state index is 0.0213. The number of nitrogens with zero attached hydrogens (tertiary/aromatic N) is 1.